The number of hydrogen-bond acceptors (Lipinski definition) is 4. The summed E-state index contributed by atoms with van der Waals surface area (Å²) in [6.07, 6.45) is 2.61. The Morgan fingerprint density at radius 1 is 1.29 bits per heavy atom. The SMILES string of the molecule is COCc1ccccc1C(=O)Nc1cncc(C(=O)O)c1. The third-order valence-electron chi connectivity index (χ3n) is 2.80. The van der Waals surface area contributed by atoms with Crippen molar-refractivity contribution in [1.82, 2.24) is 4.98 Å². The van der Waals surface area contributed by atoms with Crippen LogP contribution in [-0.4, -0.2) is 29.1 Å². The standard InChI is InChI=1S/C15H14N2O4/c1-21-9-10-4-2-3-5-13(10)14(18)17-12-6-11(15(19)20)7-16-8-12/h2-8H,9H2,1H3,(H,17,18)(H,19,20). The summed E-state index contributed by atoms with van der Waals surface area (Å²) in [7, 11) is 1.55. The number of hydrogen-bond donors (Lipinski definition) is 2. The number of aromatic nitrogens is 1. The Bertz CT molecular complexity index is 670. The first kappa shape index (κ1) is 14.7. The van der Waals surface area contributed by atoms with E-state index in [9.17, 15) is 9.59 Å². The van der Waals surface area contributed by atoms with Crippen molar-refractivity contribution < 1.29 is 19.4 Å². The molecular formula is C15H14N2O4. The molecule has 0 aliphatic heterocycles. The van der Waals surface area contributed by atoms with Crippen LogP contribution in [0.1, 0.15) is 26.3 Å². The molecule has 0 aliphatic rings. The molecule has 0 saturated carbocycles. The van der Waals surface area contributed by atoms with Gasteiger partial charge in [-0.1, -0.05) is 18.2 Å². The van der Waals surface area contributed by atoms with Crippen molar-refractivity contribution in [2.75, 3.05) is 12.4 Å². The van der Waals surface area contributed by atoms with Gasteiger partial charge in [-0.25, -0.2) is 4.79 Å². The minimum atomic E-state index is -1.10. The Morgan fingerprint density at radius 3 is 2.76 bits per heavy atom. The number of benzene rings is 1. The maximum atomic E-state index is 12.2. The molecule has 0 radical (unpaired) electrons. The first-order valence-electron chi connectivity index (χ1n) is 6.18. The molecule has 2 aromatic rings. The second-order valence-corrected chi connectivity index (χ2v) is 4.31. The summed E-state index contributed by atoms with van der Waals surface area (Å²) in [6, 6.07) is 8.40. The van der Waals surface area contributed by atoms with E-state index in [1.165, 1.54) is 18.5 Å². The highest BCUT2D eigenvalue weighted by Gasteiger charge is 2.12. The summed E-state index contributed by atoms with van der Waals surface area (Å²) in [5.41, 5.74) is 1.56. The van der Waals surface area contributed by atoms with E-state index in [0.717, 1.165) is 5.56 Å². The van der Waals surface area contributed by atoms with Crippen molar-refractivity contribution in [2.45, 2.75) is 6.61 Å². The molecule has 0 aliphatic carbocycles. The molecule has 21 heavy (non-hydrogen) atoms. The topological polar surface area (TPSA) is 88.5 Å². The second kappa shape index (κ2) is 6.62. The maximum Gasteiger partial charge on any atom is 0.337 e. The number of carbonyl (C=O) groups excluding carboxylic acids is 1. The second-order valence-electron chi connectivity index (χ2n) is 4.31. The van der Waals surface area contributed by atoms with Crippen LogP contribution >= 0.6 is 0 Å². The predicted molar refractivity (Wildman–Crippen MR) is 76.3 cm³/mol. The number of carboxylic acids is 1. The fourth-order valence-corrected chi connectivity index (χ4v) is 1.85. The monoisotopic (exact) mass is 286 g/mol. The summed E-state index contributed by atoms with van der Waals surface area (Å²) < 4.78 is 5.05. The third-order valence-corrected chi connectivity index (χ3v) is 2.80. The van der Waals surface area contributed by atoms with Crippen molar-refractivity contribution in [3.05, 3.63) is 59.4 Å². The van der Waals surface area contributed by atoms with Gasteiger partial charge in [-0.2, -0.15) is 0 Å². The molecule has 2 N–H and O–H groups in total. The summed E-state index contributed by atoms with van der Waals surface area (Å²) in [6.45, 7) is 0.316. The van der Waals surface area contributed by atoms with E-state index in [0.29, 0.717) is 17.9 Å². The summed E-state index contributed by atoms with van der Waals surface area (Å²) in [5.74, 6) is -1.44. The van der Waals surface area contributed by atoms with Gasteiger partial charge in [0.1, 0.15) is 0 Å². The zero-order valence-electron chi connectivity index (χ0n) is 11.4. The molecule has 1 amide bonds. The molecule has 0 unspecified atom stereocenters. The molecule has 1 heterocycles. The summed E-state index contributed by atoms with van der Waals surface area (Å²) >= 11 is 0. The Labute approximate surface area is 121 Å². The van der Waals surface area contributed by atoms with Gasteiger partial charge in [0, 0.05) is 18.9 Å². The van der Waals surface area contributed by atoms with Gasteiger partial charge in [0.2, 0.25) is 0 Å². The molecule has 6 heteroatoms. The number of methoxy groups -OCH3 is 1. The zero-order valence-corrected chi connectivity index (χ0v) is 11.4. The number of carboxylic acid groups (broad SMARTS) is 1. The van der Waals surface area contributed by atoms with Gasteiger partial charge in [-0.3, -0.25) is 9.78 Å². The van der Waals surface area contributed by atoms with Gasteiger partial charge in [0.05, 0.1) is 24.1 Å². The number of nitrogens with zero attached hydrogens (tertiary/aromatic N) is 1. The van der Waals surface area contributed by atoms with Gasteiger partial charge in [-0.15, -0.1) is 0 Å². The number of aromatic carboxylic acids is 1. The largest absolute Gasteiger partial charge is 0.478 e. The first-order valence-corrected chi connectivity index (χ1v) is 6.18. The highest BCUT2D eigenvalue weighted by Crippen LogP contribution is 2.14. The Hall–Kier alpha value is -2.73. The number of carbonyl (C=O) groups is 2. The van der Waals surface area contributed by atoms with Crippen molar-refractivity contribution >= 4 is 17.6 Å². The highest BCUT2D eigenvalue weighted by atomic mass is 16.5. The average Bonchev–Trinajstić information content (AvgIpc) is 2.48. The molecular weight excluding hydrogens is 272 g/mol. The van der Waals surface area contributed by atoms with Crippen molar-refractivity contribution in [1.29, 1.82) is 0 Å². The fourth-order valence-electron chi connectivity index (χ4n) is 1.85. The molecule has 1 aromatic carbocycles. The molecule has 108 valence electrons. The van der Waals surface area contributed by atoms with Crippen LogP contribution in [0.2, 0.25) is 0 Å². The molecule has 1 aromatic heterocycles. The highest BCUT2D eigenvalue weighted by molar-refractivity contribution is 6.05. The molecule has 0 atom stereocenters. The van der Waals surface area contributed by atoms with Gasteiger partial charge in [-0.05, 0) is 17.7 Å². The van der Waals surface area contributed by atoms with Crippen LogP contribution in [-0.2, 0) is 11.3 Å². The number of nitrogens with one attached hydrogen (secondary N) is 1. The molecule has 0 saturated heterocycles. The Morgan fingerprint density at radius 2 is 2.05 bits per heavy atom. The number of ether oxygens (including phenoxy) is 1. The third kappa shape index (κ3) is 3.64. The quantitative estimate of drug-likeness (QED) is 0.879. The van der Waals surface area contributed by atoms with Crippen molar-refractivity contribution in [3.8, 4) is 0 Å². The van der Waals surface area contributed by atoms with Crippen LogP contribution in [0.5, 0.6) is 0 Å². The van der Waals surface area contributed by atoms with Crippen molar-refractivity contribution in [2.24, 2.45) is 0 Å². The number of pyridine rings is 1. The van der Waals surface area contributed by atoms with Crippen LogP contribution in [0.3, 0.4) is 0 Å². The lowest BCUT2D eigenvalue weighted by molar-refractivity contribution is 0.0696. The van der Waals surface area contributed by atoms with E-state index in [1.54, 1.807) is 25.3 Å². The fraction of sp³-hybridized carbons (Fsp3) is 0.133. The summed E-state index contributed by atoms with van der Waals surface area (Å²) in [4.78, 5) is 26.9. The lowest BCUT2D eigenvalue weighted by Crippen LogP contribution is -2.15. The minimum Gasteiger partial charge on any atom is -0.478 e. The van der Waals surface area contributed by atoms with E-state index in [4.69, 9.17) is 9.84 Å². The van der Waals surface area contributed by atoms with Gasteiger partial charge in [0.15, 0.2) is 0 Å². The Kier molecular flexibility index (Phi) is 4.63. The summed E-state index contributed by atoms with van der Waals surface area (Å²) in [5, 5.41) is 11.5. The minimum absolute atomic E-state index is 0.0120. The van der Waals surface area contributed by atoms with E-state index in [-0.39, 0.29) is 11.5 Å². The van der Waals surface area contributed by atoms with Gasteiger partial charge < -0.3 is 15.2 Å². The molecule has 0 spiro atoms. The first-order chi connectivity index (χ1) is 10.1. The molecule has 0 fully saturated rings. The van der Waals surface area contributed by atoms with Crippen LogP contribution < -0.4 is 5.32 Å². The lowest BCUT2D eigenvalue weighted by atomic mass is 10.1. The van der Waals surface area contributed by atoms with Crippen LogP contribution in [0.4, 0.5) is 5.69 Å². The van der Waals surface area contributed by atoms with Crippen molar-refractivity contribution in [3.63, 3.8) is 0 Å². The number of rotatable bonds is 5. The van der Waals surface area contributed by atoms with Gasteiger partial charge >= 0.3 is 5.97 Å². The molecule has 0 bridgehead atoms. The Balaban J connectivity index is 2.22. The van der Waals surface area contributed by atoms with Gasteiger partial charge in [0.25, 0.3) is 5.91 Å². The van der Waals surface area contributed by atoms with E-state index < -0.39 is 5.97 Å². The predicted octanol–water partition coefficient (Wildman–Crippen LogP) is 2.18. The number of anilines is 1. The molecule has 2 rings (SSSR count). The van der Waals surface area contributed by atoms with E-state index >= 15 is 0 Å². The lowest BCUT2D eigenvalue weighted by Gasteiger charge is -2.09. The van der Waals surface area contributed by atoms with E-state index in [2.05, 4.69) is 10.3 Å². The van der Waals surface area contributed by atoms with Crippen LogP contribution in [0.15, 0.2) is 42.7 Å². The smallest absolute Gasteiger partial charge is 0.337 e. The van der Waals surface area contributed by atoms with Crippen LogP contribution in [0.25, 0.3) is 0 Å². The average molecular weight is 286 g/mol. The van der Waals surface area contributed by atoms with E-state index in [1.807, 2.05) is 6.07 Å². The zero-order chi connectivity index (χ0) is 15.2. The number of amides is 1. The van der Waals surface area contributed by atoms with Crippen LogP contribution in [0, 0.1) is 0 Å². The maximum absolute atomic E-state index is 12.2. The molecule has 6 nitrogen and oxygen atoms in total. The normalized spacial score (nSPS) is 10.1.